The highest BCUT2D eigenvalue weighted by atomic mass is 32.1. The molecule has 28 heavy (non-hydrogen) atoms. The molecule has 0 aliphatic heterocycles. The number of hydrogen-bond donors (Lipinski definition) is 2. The Morgan fingerprint density at radius 3 is 2.54 bits per heavy atom. The highest BCUT2D eigenvalue weighted by Crippen LogP contribution is 2.29. The number of anilines is 1. The van der Waals surface area contributed by atoms with E-state index in [1.54, 1.807) is 20.2 Å². The van der Waals surface area contributed by atoms with Crippen LogP contribution in [0.3, 0.4) is 0 Å². The van der Waals surface area contributed by atoms with Crippen molar-refractivity contribution in [1.82, 2.24) is 15.3 Å². The zero-order valence-corrected chi connectivity index (χ0v) is 16.8. The molecule has 1 aromatic carbocycles. The Bertz CT molecular complexity index is 941. The Morgan fingerprint density at radius 1 is 1.07 bits per heavy atom. The predicted molar refractivity (Wildman–Crippen MR) is 110 cm³/mol. The van der Waals surface area contributed by atoms with Gasteiger partial charge >= 0.3 is 6.01 Å². The smallest absolute Gasteiger partial charge is 0.318 e. The molecule has 8 heteroatoms. The van der Waals surface area contributed by atoms with Crippen LogP contribution >= 0.6 is 11.3 Å². The molecular formula is C20H22N4O3S. The lowest BCUT2D eigenvalue weighted by Gasteiger charge is -2.09. The minimum absolute atomic E-state index is 0.116. The standard InChI is InChI=1S/C20H22N4O3S/c1-21-19(25)17-9-8-16(28-17)15-12-18(24-20(23-15)27-3)22-11-10-13-4-6-14(26-2)7-5-13/h4-9,12H,10-11H2,1-3H3,(H,21,25)(H,22,23,24). The van der Waals surface area contributed by atoms with E-state index in [1.807, 2.05) is 36.4 Å². The summed E-state index contributed by atoms with van der Waals surface area (Å²) < 4.78 is 10.4. The summed E-state index contributed by atoms with van der Waals surface area (Å²) in [5.74, 6) is 1.40. The molecule has 1 amide bonds. The third-order valence-corrected chi connectivity index (χ3v) is 5.18. The predicted octanol–water partition coefficient (Wildman–Crippen LogP) is 3.24. The molecule has 0 aliphatic carbocycles. The third-order valence-electron chi connectivity index (χ3n) is 4.08. The Hall–Kier alpha value is -3.13. The quantitative estimate of drug-likeness (QED) is 0.606. The van der Waals surface area contributed by atoms with Crippen LogP contribution in [-0.4, -0.2) is 43.7 Å². The molecule has 3 aromatic rings. The summed E-state index contributed by atoms with van der Waals surface area (Å²) in [6, 6.07) is 13.8. The number of thiophene rings is 1. The first-order valence-electron chi connectivity index (χ1n) is 8.75. The van der Waals surface area contributed by atoms with Crippen LogP contribution in [-0.2, 0) is 6.42 Å². The SMILES string of the molecule is CNC(=O)c1ccc(-c2cc(NCCc3ccc(OC)cc3)nc(OC)n2)s1. The molecule has 146 valence electrons. The lowest BCUT2D eigenvalue weighted by molar-refractivity contribution is 0.0967. The number of benzene rings is 1. The summed E-state index contributed by atoms with van der Waals surface area (Å²) >= 11 is 1.37. The molecule has 0 bridgehead atoms. The van der Waals surface area contributed by atoms with Gasteiger partial charge < -0.3 is 20.1 Å². The number of ether oxygens (including phenoxy) is 2. The van der Waals surface area contributed by atoms with Crippen LogP contribution in [0.15, 0.2) is 42.5 Å². The minimum atomic E-state index is -0.116. The van der Waals surface area contributed by atoms with Crippen molar-refractivity contribution in [3.8, 4) is 22.3 Å². The van der Waals surface area contributed by atoms with E-state index in [9.17, 15) is 4.79 Å². The Labute approximate surface area is 167 Å². The summed E-state index contributed by atoms with van der Waals surface area (Å²) in [4.78, 5) is 22.0. The zero-order chi connectivity index (χ0) is 19.9. The van der Waals surface area contributed by atoms with E-state index in [2.05, 4.69) is 20.6 Å². The second-order valence-electron chi connectivity index (χ2n) is 5.89. The van der Waals surface area contributed by atoms with Crippen LogP contribution in [0.2, 0.25) is 0 Å². The van der Waals surface area contributed by atoms with Gasteiger partial charge in [-0.15, -0.1) is 11.3 Å². The minimum Gasteiger partial charge on any atom is -0.497 e. The molecule has 0 spiro atoms. The molecule has 2 heterocycles. The average molecular weight is 398 g/mol. The van der Waals surface area contributed by atoms with E-state index in [0.29, 0.717) is 22.9 Å². The number of methoxy groups -OCH3 is 2. The van der Waals surface area contributed by atoms with Crippen molar-refractivity contribution < 1.29 is 14.3 Å². The van der Waals surface area contributed by atoms with Crippen molar-refractivity contribution in [2.75, 3.05) is 33.1 Å². The van der Waals surface area contributed by atoms with E-state index in [-0.39, 0.29) is 11.9 Å². The van der Waals surface area contributed by atoms with Crippen LogP contribution in [0.4, 0.5) is 5.82 Å². The van der Waals surface area contributed by atoms with Crippen molar-refractivity contribution in [3.63, 3.8) is 0 Å². The molecule has 0 saturated carbocycles. The molecule has 0 radical (unpaired) electrons. The molecule has 2 N–H and O–H groups in total. The summed E-state index contributed by atoms with van der Waals surface area (Å²) in [6.45, 7) is 0.708. The number of hydrogen-bond acceptors (Lipinski definition) is 7. The van der Waals surface area contributed by atoms with Gasteiger partial charge in [0.15, 0.2) is 0 Å². The highest BCUT2D eigenvalue weighted by molar-refractivity contribution is 7.17. The maximum absolute atomic E-state index is 11.8. The van der Waals surface area contributed by atoms with Crippen molar-refractivity contribution in [2.24, 2.45) is 0 Å². The molecule has 0 fully saturated rings. The number of aromatic nitrogens is 2. The molecular weight excluding hydrogens is 376 g/mol. The van der Waals surface area contributed by atoms with Gasteiger partial charge in [-0.05, 0) is 36.2 Å². The Kier molecular flexibility index (Phi) is 6.44. The molecule has 0 aliphatic rings. The van der Waals surface area contributed by atoms with E-state index >= 15 is 0 Å². The van der Waals surface area contributed by atoms with Crippen LogP contribution in [0, 0.1) is 0 Å². The van der Waals surface area contributed by atoms with E-state index in [0.717, 1.165) is 17.0 Å². The Morgan fingerprint density at radius 2 is 1.86 bits per heavy atom. The number of nitrogens with zero attached hydrogens (tertiary/aromatic N) is 2. The molecule has 7 nitrogen and oxygen atoms in total. The fourth-order valence-corrected chi connectivity index (χ4v) is 3.49. The summed E-state index contributed by atoms with van der Waals surface area (Å²) in [5.41, 5.74) is 1.90. The second kappa shape index (κ2) is 9.18. The lowest BCUT2D eigenvalue weighted by Crippen LogP contribution is -2.15. The first-order chi connectivity index (χ1) is 13.6. The first kappa shape index (κ1) is 19.6. The number of rotatable bonds is 8. The summed E-state index contributed by atoms with van der Waals surface area (Å²) in [6.07, 6.45) is 0.839. The summed E-state index contributed by atoms with van der Waals surface area (Å²) in [7, 11) is 4.80. The number of carbonyl (C=O) groups excluding carboxylic acids is 1. The van der Waals surface area contributed by atoms with Gasteiger partial charge in [0.25, 0.3) is 5.91 Å². The molecule has 0 unspecified atom stereocenters. The average Bonchev–Trinajstić information content (AvgIpc) is 3.24. The van der Waals surface area contributed by atoms with Crippen LogP contribution in [0.1, 0.15) is 15.2 Å². The number of nitrogens with one attached hydrogen (secondary N) is 2. The van der Waals surface area contributed by atoms with Crippen molar-refractivity contribution >= 4 is 23.1 Å². The van der Waals surface area contributed by atoms with Crippen LogP contribution < -0.4 is 20.1 Å². The van der Waals surface area contributed by atoms with E-state index in [1.165, 1.54) is 24.0 Å². The van der Waals surface area contributed by atoms with Crippen molar-refractivity contribution in [1.29, 1.82) is 0 Å². The lowest BCUT2D eigenvalue weighted by atomic mass is 10.1. The maximum Gasteiger partial charge on any atom is 0.318 e. The topological polar surface area (TPSA) is 85.4 Å². The third kappa shape index (κ3) is 4.77. The fraction of sp³-hybridized carbons (Fsp3) is 0.250. The van der Waals surface area contributed by atoms with E-state index < -0.39 is 0 Å². The number of carbonyl (C=O) groups is 1. The van der Waals surface area contributed by atoms with Gasteiger partial charge in [-0.3, -0.25) is 4.79 Å². The van der Waals surface area contributed by atoms with Gasteiger partial charge in [-0.25, -0.2) is 0 Å². The van der Waals surface area contributed by atoms with Crippen LogP contribution in [0.5, 0.6) is 11.8 Å². The maximum atomic E-state index is 11.8. The van der Waals surface area contributed by atoms with Gasteiger partial charge in [-0.1, -0.05) is 12.1 Å². The van der Waals surface area contributed by atoms with Crippen LogP contribution in [0.25, 0.3) is 10.6 Å². The van der Waals surface area contributed by atoms with Gasteiger partial charge in [0.2, 0.25) is 0 Å². The number of amides is 1. The van der Waals surface area contributed by atoms with Gasteiger partial charge in [-0.2, -0.15) is 9.97 Å². The molecule has 3 rings (SSSR count). The van der Waals surface area contributed by atoms with Gasteiger partial charge in [0, 0.05) is 19.7 Å². The largest absolute Gasteiger partial charge is 0.497 e. The summed E-state index contributed by atoms with van der Waals surface area (Å²) in [5, 5.41) is 5.93. The normalized spacial score (nSPS) is 10.4. The first-order valence-corrected chi connectivity index (χ1v) is 9.56. The Balaban J connectivity index is 1.71. The second-order valence-corrected chi connectivity index (χ2v) is 6.98. The monoisotopic (exact) mass is 398 g/mol. The van der Waals surface area contributed by atoms with Gasteiger partial charge in [0.1, 0.15) is 11.6 Å². The zero-order valence-electron chi connectivity index (χ0n) is 16.0. The van der Waals surface area contributed by atoms with Crippen molar-refractivity contribution in [3.05, 3.63) is 52.9 Å². The highest BCUT2D eigenvalue weighted by Gasteiger charge is 2.12. The molecule has 0 atom stereocenters. The fourth-order valence-electron chi connectivity index (χ4n) is 2.58. The van der Waals surface area contributed by atoms with E-state index in [4.69, 9.17) is 9.47 Å². The van der Waals surface area contributed by atoms with Crippen molar-refractivity contribution in [2.45, 2.75) is 6.42 Å². The molecule has 0 saturated heterocycles. The van der Waals surface area contributed by atoms with Gasteiger partial charge in [0.05, 0.1) is 29.7 Å². The molecule has 2 aromatic heterocycles.